The molecule has 0 radical (unpaired) electrons. The van der Waals surface area contributed by atoms with E-state index in [1.165, 1.54) is 12.1 Å². The van der Waals surface area contributed by atoms with Crippen LogP contribution in [0.3, 0.4) is 0 Å². The van der Waals surface area contributed by atoms with Gasteiger partial charge in [0.1, 0.15) is 5.60 Å². The minimum absolute atomic E-state index is 0.0279. The number of benzene rings is 1. The first kappa shape index (κ1) is 22.0. The summed E-state index contributed by atoms with van der Waals surface area (Å²) in [6, 6.07) is 5.94. The van der Waals surface area contributed by atoms with E-state index in [-0.39, 0.29) is 35.7 Å². The van der Waals surface area contributed by atoms with Gasteiger partial charge < -0.3 is 19.9 Å². The van der Waals surface area contributed by atoms with Crippen LogP contribution in [0.5, 0.6) is 0 Å². The molecule has 0 bridgehead atoms. The van der Waals surface area contributed by atoms with Crippen molar-refractivity contribution in [1.82, 2.24) is 10.2 Å². The molecule has 0 aliphatic carbocycles. The van der Waals surface area contributed by atoms with Crippen LogP contribution in [-0.4, -0.2) is 59.1 Å². The number of carbonyl (C=O) groups is 2. The molecule has 9 nitrogen and oxygen atoms in total. The number of hydrogen-bond donors (Lipinski definition) is 1. The molecule has 9 heteroatoms. The van der Waals surface area contributed by atoms with Crippen LogP contribution in [0.1, 0.15) is 40.5 Å². The Morgan fingerprint density at radius 1 is 1.27 bits per heavy atom. The summed E-state index contributed by atoms with van der Waals surface area (Å²) in [5.41, 5.74) is -0.00656. The Hall–Kier alpha value is -2.68. The number of hydrogen-bond acceptors (Lipinski definition) is 6. The molecular formula is C21H30N4O5. The van der Waals surface area contributed by atoms with E-state index in [9.17, 15) is 19.7 Å². The molecule has 2 heterocycles. The maximum absolute atomic E-state index is 12.9. The molecule has 0 saturated carbocycles. The van der Waals surface area contributed by atoms with Crippen LogP contribution in [0, 0.1) is 16.0 Å². The van der Waals surface area contributed by atoms with Crippen molar-refractivity contribution in [3.63, 3.8) is 0 Å². The van der Waals surface area contributed by atoms with Gasteiger partial charge in [0.05, 0.1) is 16.7 Å². The molecule has 3 atom stereocenters. The standard InChI is InChI=1S/C21H30N4O5/c1-14-13-23(20(27)30-21(2,3)4)10-8-17(14)22-18-9-11-24(19(18)26)15-6-5-7-16(12-15)25(28)29/h5-7,12,14,17-18,22H,8-11,13H2,1-4H3. The topological polar surface area (TPSA) is 105 Å². The highest BCUT2D eigenvalue weighted by Crippen LogP contribution is 2.27. The third kappa shape index (κ3) is 5.08. The molecule has 30 heavy (non-hydrogen) atoms. The third-order valence-electron chi connectivity index (χ3n) is 5.53. The average Bonchev–Trinajstić information content (AvgIpc) is 3.02. The van der Waals surface area contributed by atoms with Gasteiger partial charge in [0.15, 0.2) is 0 Å². The summed E-state index contributed by atoms with van der Waals surface area (Å²) in [5.74, 6) is 0.100. The molecule has 3 rings (SSSR count). The predicted octanol–water partition coefficient (Wildman–Crippen LogP) is 2.94. The Morgan fingerprint density at radius 2 is 2.00 bits per heavy atom. The maximum atomic E-state index is 12.9. The molecule has 2 fully saturated rings. The number of nitro groups is 1. The number of nitrogens with one attached hydrogen (secondary N) is 1. The van der Waals surface area contributed by atoms with Gasteiger partial charge in [0.2, 0.25) is 5.91 Å². The molecule has 0 spiro atoms. The number of nitrogens with zero attached hydrogens (tertiary/aromatic N) is 3. The first-order chi connectivity index (χ1) is 14.0. The minimum atomic E-state index is -0.526. The van der Waals surface area contributed by atoms with E-state index in [1.54, 1.807) is 21.9 Å². The summed E-state index contributed by atoms with van der Waals surface area (Å²) in [5, 5.41) is 14.5. The van der Waals surface area contributed by atoms with E-state index < -0.39 is 10.5 Å². The summed E-state index contributed by atoms with van der Waals surface area (Å²) in [6.45, 7) is 9.27. The van der Waals surface area contributed by atoms with Gasteiger partial charge in [-0.15, -0.1) is 0 Å². The van der Waals surface area contributed by atoms with Crippen molar-refractivity contribution in [3.8, 4) is 0 Å². The first-order valence-electron chi connectivity index (χ1n) is 10.3. The number of piperidine rings is 1. The minimum Gasteiger partial charge on any atom is -0.444 e. The van der Waals surface area contributed by atoms with Gasteiger partial charge in [0, 0.05) is 37.8 Å². The second kappa shape index (κ2) is 8.59. The lowest BCUT2D eigenvalue weighted by atomic mass is 9.93. The summed E-state index contributed by atoms with van der Waals surface area (Å²) in [4.78, 5) is 39.1. The number of likely N-dealkylation sites (tertiary alicyclic amines) is 1. The van der Waals surface area contributed by atoms with Gasteiger partial charge in [-0.1, -0.05) is 13.0 Å². The number of ether oxygens (including phenoxy) is 1. The van der Waals surface area contributed by atoms with Crippen molar-refractivity contribution in [3.05, 3.63) is 34.4 Å². The monoisotopic (exact) mass is 418 g/mol. The van der Waals surface area contributed by atoms with E-state index in [4.69, 9.17) is 4.74 Å². The molecule has 164 valence electrons. The molecule has 2 aliphatic rings. The fraction of sp³-hybridized carbons (Fsp3) is 0.619. The van der Waals surface area contributed by atoms with Crippen LogP contribution in [0.15, 0.2) is 24.3 Å². The van der Waals surface area contributed by atoms with Crippen molar-refractivity contribution >= 4 is 23.4 Å². The van der Waals surface area contributed by atoms with Crippen LogP contribution in [-0.2, 0) is 9.53 Å². The Balaban J connectivity index is 1.58. The molecule has 1 N–H and O–H groups in total. The Bertz CT molecular complexity index is 822. The summed E-state index contributed by atoms with van der Waals surface area (Å²) >= 11 is 0. The number of carbonyl (C=O) groups excluding carboxylic acids is 2. The van der Waals surface area contributed by atoms with E-state index in [0.717, 1.165) is 6.42 Å². The lowest BCUT2D eigenvalue weighted by Crippen LogP contribution is -2.54. The van der Waals surface area contributed by atoms with Crippen molar-refractivity contribution in [1.29, 1.82) is 0 Å². The molecule has 2 saturated heterocycles. The predicted molar refractivity (Wildman–Crippen MR) is 112 cm³/mol. The summed E-state index contributed by atoms with van der Waals surface area (Å²) in [6.07, 6.45) is 1.07. The second-order valence-corrected chi connectivity index (χ2v) is 9.07. The van der Waals surface area contributed by atoms with Gasteiger partial charge in [-0.3, -0.25) is 14.9 Å². The van der Waals surface area contributed by atoms with Crippen LogP contribution in [0.2, 0.25) is 0 Å². The molecule has 1 aromatic rings. The smallest absolute Gasteiger partial charge is 0.410 e. The number of rotatable bonds is 4. The van der Waals surface area contributed by atoms with E-state index in [0.29, 0.717) is 31.7 Å². The van der Waals surface area contributed by atoms with Gasteiger partial charge in [-0.05, 0) is 45.6 Å². The molecular weight excluding hydrogens is 388 g/mol. The van der Waals surface area contributed by atoms with Crippen molar-refractivity contribution in [2.24, 2.45) is 5.92 Å². The first-order valence-corrected chi connectivity index (χ1v) is 10.3. The molecule has 3 unspecified atom stereocenters. The molecule has 0 aromatic heterocycles. The molecule has 2 aliphatic heterocycles. The maximum Gasteiger partial charge on any atom is 0.410 e. The van der Waals surface area contributed by atoms with Gasteiger partial charge in [-0.2, -0.15) is 0 Å². The average molecular weight is 418 g/mol. The van der Waals surface area contributed by atoms with Crippen LogP contribution in [0.4, 0.5) is 16.2 Å². The lowest BCUT2D eigenvalue weighted by Gasteiger charge is -2.38. The Labute approximate surface area is 176 Å². The van der Waals surface area contributed by atoms with Gasteiger partial charge >= 0.3 is 6.09 Å². The largest absolute Gasteiger partial charge is 0.444 e. The molecule has 2 amide bonds. The number of non-ortho nitro benzene ring substituents is 1. The van der Waals surface area contributed by atoms with E-state index in [1.807, 2.05) is 20.8 Å². The summed E-state index contributed by atoms with van der Waals surface area (Å²) < 4.78 is 5.46. The van der Waals surface area contributed by atoms with Crippen molar-refractivity contribution in [2.45, 2.75) is 58.2 Å². The van der Waals surface area contributed by atoms with Crippen LogP contribution >= 0.6 is 0 Å². The van der Waals surface area contributed by atoms with Gasteiger partial charge in [-0.25, -0.2) is 4.79 Å². The zero-order chi connectivity index (χ0) is 22.1. The van der Waals surface area contributed by atoms with Crippen molar-refractivity contribution < 1.29 is 19.2 Å². The van der Waals surface area contributed by atoms with Crippen molar-refractivity contribution in [2.75, 3.05) is 24.5 Å². The fourth-order valence-electron chi connectivity index (χ4n) is 4.01. The molecule has 1 aromatic carbocycles. The normalized spacial score (nSPS) is 24.8. The Morgan fingerprint density at radius 3 is 2.63 bits per heavy atom. The number of anilines is 1. The zero-order valence-corrected chi connectivity index (χ0v) is 18.0. The lowest BCUT2D eigenvalue weighted by molar-refractivity contribution is -0.384. The summed E-state index contributed by atoms with van der Waals surface area (Å²) in [7, 11) is 0. The number of amides is 2. The van der Waals surface area contributed by atoms with Gasteiger partial charge in [0.25, 0.3) is 5.69 Å². The Kier molecular flexibility index (Phi) is 6.30. The van der Waals surface area contributed by atoms with E-state index in [2.05, 4.69) is 12.2 Å². The van der Waals surface area contributed by atoms with Crippen LogP contribution in [0.25, 0.3) is 0 Å². The fourth-order valence-corrected chi connectivity index (χ4v) is 4.01. The number of nitro benzene ring substituents is 1. The van der Waals surface area contributed by atoms with E-state index >= 15 is 0 Å². The highest BCUT2D eigenvalue weighted by Gasteiger charge is 2.37. The zero-order valence-electron chi connectivity index (χ0n) is 18.0. The second-order valence-electron chi connectivity index (χ2n) is 9.07. The third-order valence-corrected chi connectivity index (χ3v) is 5.53. The highest BCUT2D eigenvalue weighted by molar-refractivity contribution is 5.99. The van der Waals surface area contributed by atoms with Crippen LogP contribution < -0.4 is 10.2 Å². The highest BCUT2D eigenvalue weighted by atomic mass is 16.6. The SMILES string of the molecule is CC1CN(C(=O)OC(C)(C)C)CCC1NC1CCN(c2cccc([N+](=O)[O-])c2)C1=O. The quantitative estimate of drug-likeness (QED) is 0.595.